The number of carbonyl (C=O) groups excluding carboxylic acids is 1. The van der Waals surface area contributed by atoms with Crippen LogP contribution in [0.25, 0.3) is 0 Å². The zero-order valence-electron chi connectivity index (χ0n) is 19.5. The maximum Gasteiger partial charge on any atom is 0.274 e. The summed E-state index contributed by atoms with van der Waals surface area (Å²) in [6.45, 7) is 8.47. The highest BCUT2D eigenvalue weighted by Crippen LogP contribution is 2.37. The third kappa shape index (κ3) is 4.18. The monoisotopic (exact) mass is 427 g/mol. The van der Waals surface area contributed by atoms with Gasteiger partial charge in [0.1, 0.15) is 0 Å². The van der Waals surface area contributed by atoms with Gasteiger partial charge in [-0.1, -0.05) is 19.3 Å². The molecule has 0 radical (unpaired) electrons. The second kappa shape index (κ2) is 9.22. The Morgan fingerprint density at radius 1 is 1.03 bits per heavy atom. The minimum Gasteiger partial charge on any atom is -0.337 e. The molecule has 3 fully saturated rings. The number of amides is 1. The highest BCUT2D eigenvalue weighted by Gasteiger charge is 2.40. The summed E-state index contributed by atoms with van der Waals surface area (Å²) in [4.78, 5) is 18.0. The molecule has 1 saturated carbocycles. The Kier molecular flexibility index (Phi) is 6.38. The van der Waals surface area contributed by atoms with Gasteiger partial charge in [-0.05, 0) is 77.8 Å². The topological polar surface area (TPSA) is 53.4 Å². The number of aromatic nitrogens is 2. The third-order valence-corrected chi connectivity index (χ3v) is 8.52. The first-order valence-corrected chi connectivity index (χ1v) is 13.1. The van der Waals surface area contributed by atoms with E-state index in [4.69, 9.17) is 5.10 Å². The van der Waals surface area contributed by atoms with E-state index in [0.29, 0.717) is 11.6 Å². The molecule has 2 aliphatic carbocycles. The number of likely N-dealkylation sites (tertiary alicyclic amines) is 2. The first-order valence-electron chi connectivity index (χ1n) is 13.1. The second-order valence-electron chi connectivity index (χ2n) is 10.4. The lowest BCUT2D eigenvalue weighted by molar-refractivity contribution is 0.0667. The largest absolute Gasteiger partial charge is 0.337 e. The van der Waals surface area contributed by atoms with Crippen LogP contribution in [0.15, 0.2) is 0 Å². The van der Waals surface area contributed by atoms with Gasteiger partial charge in [-0.15, -0.1) is 0 Å². The fraction of sp³-hybridized carbons (Fsp3) is 0.840. The van der Waals surface area contributed by atoms with Crippen molar-refractivity contribution in [3.63, 3.8) is 0 Å². The predicted molar refractivity (Wildman–Crippen MR) is 123 cm³/mol. The maximum atomic E-state index is 13.2. The zero-order chi connectivity index (χ0) is 21.3. The summed E-state index contributed by atoms with van der Waals surface area (Å²) in [5.41, 5.74) is 3.68. The van der Waals surface area contributed by atoms with Crippen LogP contribution in [-0.4, -0.2) is 69.8 Å². The van der Waals surface area contributed by atoms with Crippen LogP contribution in [0.2, 0.25) is 0 Å². The number of rotatable bonds is 6. The molecule has 1 aromatic heterocycles. The molecular weight excluding hydrogens is 386 g/mol. The van der Waals surface area contributed by atoms with Gasteiger partial charge in [-0.2, -0.15) is 5.10 Å². The summed E-state index contributed by atoms with van der Waals surface area (Å²) in [5, 5.41) is 8.81. The average molecular weight is 428 g/mol. The summed E-state index contributed by atoms with van der Waals surface area (Å²) in [6.07, 6.45) is 15.0. The van der Waals surface area contributed by atoms with E-state index in [9.17, 15) is 4.79 Å². The Balaban J connectivity index is 1.29. The number of hydrogen-bond acceptors (Lipinski definition) is 4. The highest BCUT2D eigenvalue weighted by molar-refractivity contribution is 5.94. The zero-order valence-corrected chi connectivity index (χ0v) is 19.5. The van der Waals surface area contributed by atoms with Crippen molar-refractivity contribution in [2.24, 2.45) is 0 Å². The third-order valence-electron chi connectivity index (χ3n) is 8.52. The van der Waals surface area contributed by atoms with Crippen molar-refractivity contribution in [3.05, 3.63) is 17.0 Å². The average Bonchev–Trinajstić information content (AvgIpc) is 3.58. The Bertz CT molecular complexity index is 769. The first-order chi connectivity index (χ1) is 15.2. The number of hydrogen-bond donors (Lipinski definition) is 1. The molecule has 172 valence electrons. The molecule has 0 spiro atoms. The van der Waals surface area contributed by atoms with Crippen LogP contribution in [-0.2, 0) is 19.4 Å². The lowest BCUT2D eigenvalue weighted by Crippen LogP contribution is -2.56. The Hall–Kier alpha value is -1.40. The van der Waals surface area contributed by atoms with E-state index in [1.165, 1.54) is 69.3 Å². The van der Waals surface area contributed by atoms with Gasteiger partial charge in [0.15, 0.2) is 5.69 Å². The normalized spacial score (nSPS) is 26.4. The molecule has 1 aromatic rings. The lowest BCUT2D eigenvalue weighted by atomic mass is 9.88. The van der Waals surface area contributed by atoms with Crippen molar-refractivity contribution in [2.45, 2.75) is 102 Å². The fourth-order valence-corrected chi connectivity index (χ4v) is 6.71. The Morgan fingerprint density at radius 2 is 1.74 bits per heavy atom. The van der Waals surface area contributed by atoms with Crippen LogP contribution in [0.3, 0.4) is 0 Å². The van der Waals surface area contributed by atoms with Gasteiger partial charge in [0.05, 0.1) is 0 Å². The van der Waals surface area contributed by atoms with Gasteiger partial charge in [0.2, 0.25) is 0 Å². The smallest absolute Gasteiger partial charge is 0.274 e. The van der Waals surface area contributed by atoms with Crippen molar-refractivity contribution in [1.82, 2.24) is 24.9 Å². The van der Waals surface area contributed by atoms with Crippen LogP contribution < -0.4 is 5.32 Å². The maximum absolute atomic E-state index is 13.2. The Morgan fingerprint density at radius 3 is 2.45 bits per heavy atom. The highest BCUT2D eigenvalue weighted by atomic mass is 16.2. The van der Waals surface area contributed by atoms with Gasteiger partial charge in [-0.25, -0.2) is 0 Å². The lowest BCUT2D eigenvalue weighted by Gasteiger charge is -2.44. The van der Waals surface area contributed by atoms with Crippen LogP contribution in [0.1, 0.15) is 92.9 Å². The van der Waals surface area contributed by atoms with E-state index in [1.54, 1.807) is 0 Å². The van der Waals surface area contributed by atoms with Gasteiger partial charge >= 0.3 is 0 Å². The van der Waals surface area contributed by atoms with E-state index in [-0.39, 0.29) is 5.91 Å². The van der Waals surface area contributed by atoms with Crippen molar-refractivity contribution < 1.29 is 4.79 Å². The SMILES string of the molecule is CCn1nc(C(=O)N2CCCC2)c2c1CCC(NCC1(N3CCCCC3)CCCC1)C2. The standard InChI is InChI=1S/C25H41N5O/c1-2-30-22-11-10-20(18-21(22)23(27-30)24(31)28-14-8-9-15-28)26-19-25(12-4-5-13-25)29-16-6-3-7-17-29/h20,26H,2-19H2,1H3. The summed E-state index contributed by atoms with van der Waals surface area (Å²) < 4.78 is 2.10. The molecule has 31 heavy (non-hydrogen) atoms. The van der Waals surface area contributed by atoms with Crippen LogP contribution in [0.4, 0.5) is 0 Å². The molecule has 1 atom stereocenters. The number of carbonyl (C=O) groups is 1. The van der Waals surface area contributed by atoms with Crippen molar-refractivity contribution in [3.8, 4) is 0 Å². The molecule has 2 aliphatic heterocycles. The quantitative estimate of drug-likeness (QED) is 0.756. The molecule has 1 N–H and O–H groups in total. The summed E-state index contributed by atoms with van der Waals surface area (Å²) >= 11 is 0. The van der Waals surface area contributed by atoms with E-state index >= 15 is 0 Å². The minimum absolute atomic E-state index is 0.169. The van der Waals surface area contributed by atoms with Crippen molar-refractivity contribution in [1.29, 1.82) is 0 Å². The molecule has 0 bridgehead atoms. The molecular formula is C25H41N5O. The fourth-order valence-electron chi connectivity index (χ4n) is 6.71. The summed E-state index contributed by atoms with van der Waals surface area (Å²) in [5.74, 6) is 0.169. The second-order valence-corrected chi connectivity index (χ2v) is 10.4. The van der Waals surface area contributed by atoms with Gasteiger partial charge in [0, 0.05) is 49.0 Å². The first kappa shape index (κ1) is 21.4. The summed E-state index contributed by atoms with van der Waals surface area (Å²) in [7, 11) is 0. The van der Waals surface area contributed by atoms with Crippen molar-refractivity contribution >= 4 is 5.91 Å². The Labute approximate surface area is 187 Å². The minimum atomic E-state index is 0.169. The molecule has 3 heterocycles. The molecule has 1 unspecified atom stereocenters. The number of aryl methyl sites for hydroxylation is 1. The molecule has 0 aromatic carbocycles. The van der Waals surface area contributed by atoms with Crippen LogP contribution in [0.5, 0.6) is 0 Å². The molecule has 2 saturated heterocycles. The van der Waals surface area contributed by atoms with E-state index in [1.807, 2.05) is 4.90 Å². The van der Waals surface area contributed by atoms with Gasteiger partial charge in [-0.3, -0.25) is 14.4 Å². The molecule has 6 nitrogen and oxygen atoms in total. The molecule has 1 amide bonds. The number of nitrogens with one attached hydrogen (secondary N) is 1. The molecule has 5 rings (SSSR count). The van der Waals surface area contributed by atoms with E-state index < -0.39 is 0 Å². The van der Waals surface area contributed by atoms with E-state index in [0.717, 1.165) is 64.0 Å². The van der Waals surface area contributed by atoms with Gasteiger partial charge in [0.25, 0.3) is 5.91 Å². The van der Waals surface area contributed by atoms with E-state index in [2.05, 4.69) is 21.8 Å². The number of piperidine rings is 1. The number of nitrogens with zero attached hydrogens (tertiary/aromatic N) is 4. The summed E-state index contributed by atoms with van der Waals surface area (Å²) in [6, 6.07) is 0.467. The number of fused-ring (bicyclic) bond motifs is 1. The molecule has 6 heteroatoms. The molecule has 4 aliphatic rings. The van der Waals surface area contributed by atoms with Gasteiger partial charge < -0.3 is 10.2 Å². The van der Waals surface area contributed by atoms with Crippen LogP contribution >= 0.6 is 0 Å². The predicted octanol–water partition coefficient (Wildman–Crippen LogP) is 3.38. The van der Waals surface area contributed by atoms with Crippen LogP contribution in [0, 0.1) is 0 Å². The van der Waals surface area contributed by atoms with Crippen molar-refractivity contribution in [2.75, 3.05) is 32.7 Å².